The molecule has 1 heterocycles. The predicted molar refractivity (Wildman–Crippen MR) is 114 cm³/mol. The molecule has 0 aliphatic carbocycles. The number of hydrogen-bond donors (Lipinski definition) is 1. The first-order valence-electron chi connectivity index (χ1n) is 10.2. The Bertz CT molecular complexity index is 741. The highest BCUT2D eigenvalue weighted by molar-refractivity contribution is 5.91. The lowest BCUT2D eigenvalue weighted by Gasteiger charge is -2.34. The standard InChI is InChI=1S/C23H31N3O2/c1-19(2)28-22-13-7-6-12-21(22)24-23(27)26-17-15-25(16-18-26)14-8-11-20-9-4-3-5-10-20/h3-7,9-10,12-13,19H,8,11,14-18H2,1-2H3,(H,24,27). The van der Waals surface area contributed by atoms with Gasteiger partial charge in [-0.15, -0.1) is 0 Å². The monoisotopic (exact) mass is 381 g/mol. The second kappa shape index (κ2) is 10.1. The fourth-order valence-corrected chi connectivity index (χ4v) is 3.45. The van der Waals surface area contributed by atoms with Crippen LogP contribution in [-0.4, -0.2) is 54.7 Å². The third kappa shape index (κ3) is 5.99. The van der Waals surface area contributed by atoms with Gasteiger partial charge in [-0.1, -0.05) is 42.5 Å². The molecule has 1 fully saturated rings. The summed E-state index contributed by atoms with van der Waals surface area (Å²) in [5.74, 6) is 0.713. The summed E-state index contributed by atoms with van der Waals surface area (Å²) in [6, 6.07) is 18.2. The van der Waals surface area contributed by atoms with Crippen LogP contribution in [0, 0.1) is 0 Å². The van der Waals surface area contributed by atoms with Crippen molar-refractivity contribution in [3.8, 4) is 5.75 Å². The molecule has 3 rings (SSSR count). The van der Waals surface area contributed by atoms with Crippen LogP contribution in [0.25, 0.3) is 0 Å². The van der Waals surface area contributed by atoms with Crippen LogP contribution in [0.4, 0.5) is 10.5 Å². The summed E-state index contributed by atoms with van der Waals surface area (Å²) in [6.45, 7) is 8.40. The van der Waals surface area contributed by atoms with Gasteiger partial charge >= 0.3 is 6.03 Å². The molecule has 5 heteroatoms. The third-order valence-electron chi connectivity index (χ3n) is 4.93. The van der Waals surface area contributed by atoms with Gasteiger partial charge in [-0.05, 0) is 50.9 Å². The van der Waals surface area contributed by atoms with Crippen molar-refractivity contribution in [2.24, 2.45) is 0 Å². The number of carbonyl (C=O) groups is 1. The van der Waals surface area contributed by atoms with E-state index >= 15 is 0 Å². The van der Waals surface area contributed by atoms with E-state index in [9.17, 15) is 4.79 Å². The van der Waals surface area contributed by atoms with Crippen LogP contribution in [0.15, 0.2) is 54.6 Å². The number of rotatable bonds is 7. The molecular weight excluding hydrogens is 350 g/mol. The third-order valence-corrected chi connectivity index (χ3v) is 4.93. The van der Waals surface area contributed by atoms with Crippen LogP contribution < -0.4 is 10.1 Å². The SMILES string of the molecule is CC(C)Oc1ccccc1NC(=O)N1CCN(CCCc2ccccc2)CC1. The molecule has 1 aliphatic rings. The molecule has 0 bridgehead atoms. The lowest BCUT2D eigenvalue weighted by molar-refractivity contribution is 0.146. The number of hydrogen-bond acceptors (Lipinski definition) is 3. The minimum atomic E-state index is -0.0521. The van der Waals surface area contributed by atoms with Crippen molar-refractivity contribution >= 4 is 11.7 Å². The number of benzene rings is 2. The van der Waals surface area contributed by atoms with Crippen LogP contribution in [0.1, 0.15) is 25.8 Å². The number of aryl methyl sites for hydroxylation is 1. The molecule has 2 amide bonds. The zero-order chi connectivity index (χ0) is 19.8. The molecule has 0 spiro atoms. The van der Waals surface area contributed by atoms with E-state index in [4.69, 9.17) is 4.74 Å². The minimum absolute atomic E-state index is 0.0521. The lowest BCUT2D eigenvalue weighted by Crippen LogP contribution is -2.50. The molecule has 0 unspecified atom stereocenters. The van der Waals surface area contributed by atoms with E-state index in [1.807, 2.05) is 43.0 Å². The van der Waals surface area contributed by atoms with E-state index in [2.05, 4.69) is 40.5 Å². The van der Waals surface area contributed by atoms with Gasteiger partial charge in [-0.2, -0.15) is 0 Å². The van der Waals surface area contributed by atoms with Crippen LogP contribution >= 0.6 is 0 Å². The van der Waals surface area contributed by atoms with E-state index in [1.165, 1.54) is 5.56 Å². The molecule has 1 N–H and O–H groups in total. The molecular formula is C23H31N3O2. The van der Waals surface area contributed by atoms with Gasteiger partial charge in [0.2, 0.25) is 0 Å². The second-order valence-electron chi connectivity index (χ2n) is 7.51. The summed E-state index contributed by atoms with van der Waals surface area (Å²) in [6.07, 6.45) is 2.32. The zero-order valence-electron chi connectivity index (χ0n) is 16.9. The number of carbonyl (C=O) groups excluding carboxylic acids is 1. The topological polar surface area (TPSA) is 44.8 Å². The highest BCUT2D eigenvalue weighted by Crippen LogP contribution is 2.25. The summed E-state index contributed by atoms with van der Waals surface area (Å²) < 4.78 is 5.79. The molecule has 0 saturated carbocycles. The zero-order valence-corrected chi connectivity index (χ0v) is 16.9. The molecule has 0 aromatic heterocycles. The second-order valence-corrected chi connectivity index (χ2v) is 7.51. The summed E-state index contributed by atoms with van der Waals surface area (Å²) in [7, 11) is 0. The van der Waals surface area contributed by atoms with Crippen molar-refractivity contribution in [3.63, 3.8) is 0 Å². The van der Waals surface area contributed by atoms with Crippen molar-refractivity contribution in [3.05, 3.63) is 60.2 Å². The van der Waals surface area contributed by atoms with Gasteiger partial charge in [-0.3, -0.25) is 4.90 Å². The van der Waals surface area contributed by atoms with Gasteiger partial charge in [0.1, 0.15) is 5.75 Å². The average molecular weight is 382 g/mol. The molecule has 150 valence electrons. The van der Waals surface area contributed by atoms with Crippen molar-refractivity contribution in [2.45, 2.75) is 32.8 Å². The molecule has 1 aliphatic heterocycles. The first-order valence-corrected chi connectivity index (χ1v) is 10.2. The molecule has 2 aromatic rings. The largest absolute Gasteiger partial charge is 0.489 e. The first-order chi connectivity index (χ1) is 13.6. The van der Waals surface area contributed by atoms with Gasteiger partial charge in [0.05, 0.1) is 11.8 Å². The maximum Gasteiger partial charge on any atom is 0.322 e. The quantitative estimate of drug-likeness (QED) is 0.780. The number of urea groups is 1. The fourth-order valence-electron chi connectivity index (χ4n) is 3.45. The van der Waals surface area contributed by atoms with Gasteiger partial charge in [-0.25, -0.2) is 4.79 Å². The summed E-state index contributed by atoms with van der Waals surface area (Å²) in [4.78, 5) is 17.0. The summed E-state index contributed by atoms with van der Waals surface area (Å²) >= 11 is 0. The minimum Gasteiger partial charge on any atom is -0.489 e. The van der Waals surface area contributed by atoms with E-state index < -0.39 is 0 Å². The Balaban J connectivity index is 1.43. The highest BCUT2D eigenvalue weighted by atomic mass is 16.5. The van der Waals surface area contributed by atoms with Crippen LogP contribution in [0.3, 0.4) is 0 Å². The maximum atomic E-state index is 12.7. The summed E-state index contributed by atoms with van der Waals surface area (Å²) in [5, 5.41) is 3.01. The fraction of sp³-hybridized carbons (Fsp3) is 0.435. The Hall–Kier alpha value is -2.53. The van der Waals surface area contributed by atoms with Crippen molar-refractivity contribution < 1.29 is 9.53 Å². The Labute approximate surface area is 168 Å². The molecule has 2 aromatic carbocycles. The molecule has 5 nitrogen and oxygen atoms in total. The molecule has 28 heavy (non-hydrogen) atoms. The van der Waals surface area contributed by atoms with Gasteiger partial charge in [0, 0.05) is 26.2 Å². The Morgan fingerprint density at radius 2 is 1.68 bits per heavy atom. The van der Waals surface area contributed by atoms with E-state index in [0.29, 0.717) is 5.75 Å². The van der Waals surface area contributed by atoms with Crippen molar-refractivity contribution in [1.29, 1.82) is 0 Å². The van der Waals surface area contributed by atoms with Crippen molar-refractivity contribution in [2.75, 3.05) is 38.0 Å². The number of nitrogens with one attached hydrogen (secondary N) is 1. The number of para-hydroxylation sites is 2. The number of ether oxygens (including phenoxy) is 1. The number of nitrogens with zero attached hydrogens (tertiary/aromatic N) is 2. The summed E-state index contributed by atoms with van der Waals surface area (Å²) in [5.41, 5.74) is 2.12. The van der Waals surface area contributed by atoms with Crippen molar-refractivity contribution in [1.82, 2.24) is 9.80 Å². The van der Waals surface area contributed by atoms with Crippen LogP contribution in [0.5, 0.6) is 5.75 Å². The molecule has 0 atom stereocenters. The molecule has 1 saturated heterocycles. The van der Waals surface area contributed by atoms with Gasteiger partial charge < -0.3 is 15.0 Å². The number of anilines is 1. The lowest BCUT2D eigenvalue weighted by atomic mass is 10.1. The Morgan fingerprint density at radius 3 is 2.39 bits per heavy atom. The maximum absolute atomic E-state index is 12.7. The van der Waals surface area contributed by atoms with E-state index in [0.717, 1.165) is 51.3 Å². The smallest absolute Gasteiger partial charge is 0.322 e. The highest BCUT2D eigenvalue weighted by Gasteiger charge is 2.21. The van der Waals surface area contributed by atoms with E-state index in [1.54, 1.807) is 0 Å². The predicted octanol–water partition coefficient (Wildman–Crippen LogP) is 4.26. The average Bonchev–Trinajstić information content (AvgIpc) is 2.70. The Morgan fingerprint density at radius 1 is 1.00 bits per heavy atom. The number of amides is 2. The van der Waals surface area contributed by atoms with Gasteiger partial charge in [0.25, 0.3) is 0 Å². The Kier molecular flexibility index (Phi) is 7.31. The number of piperazine rings is 1. The van der Waals surface area contributed by atoms with Crippen LogP contribution in [-0.2, 0) is 6.42 Å². The van der Waals surface area contributed by atoms with Crippen LogP contribution in [0.2, 0.25) is 0 Å². The van der Waals surface area contributed by atoms with Gasteiger partial charge in [0.15, 0.2) is 0 Å². The molecule has 0 radical (unpaired) electrons. The first kappa shape index (κ1) is 20.2. The van der Waals surface area contributed by atoms with E-state index in [-0.39, 0.29) is 12.1 Å². The normalized spacial score (nSPS) is 14.9.